The lowest BCUT2D eigenvalue weighted by molar-refractivity contribution is 0.975. The Morgan fingerprint density at radius 2 is 1.92 bits per heavy atom. The minimum absolute atomic E-state index is 0.115. The fourth-order valence-electron chi connectivity index (χ4n) is 0.938. The summed E-state index contributed by atoms with van der Waals surface area (Å²) in [6, 6.07) is 0. The molecule has 6 nitrogen and oxygen atoms in total. The molecule has 0 radical (unpaired) electrons. The second-order valence-electron chi connectivity index (χ2n) is 2.66. The number of nitrogens with zero attached hydrogens (tertiary/aromatic N) is 2. The molecule has 1 aromatic rings. The minimum Gasteiger partial charge on any atom is -0.362 e. The van der Waals surface area contributed by atoms with Gasteiger partial charge in [0.1, 0.15) is 5.82 Å². The third kappa shape index (κ3) is 1.66. The molecule has 6 heteroatoms. The molecule has 1 heterocycles. The zero-order valence-corrected chi connectivity index (χ0v) is 7.42. The third-order valence-corrected chi connectivity index (χ3v) is 1.50. The molecule has 0 bridgehead atoms. The number of hydrogen-bond acceptors (Lipinski definition) is 4. The molecule has 0 atom stereocenters. The van der Waals surface area contributed by atoms with Gasteiger partial charge in [-0.05, 0) is 6.72 Å². The molecule has 1 rings (SSSR count). The maximum absolute atomic E-state index is 11.2. The monoisotopic (exact) mass is 182 g/mol. The molecule has 0 amide bonds. The summed E-state index contributed by atoms with van der Waals surface area (Å²) in [6.45, 7) is 3.25. The first-order valence-electron chi connectivity index (χ1n) is 3.57. The Balaban J connectivity index is 3.57. The van der Waals surface area contributed by atoms with Crippen molar-refractivity contribution in [1.82, 2.24) is 9.97 Å². The Labute approximate surface area is 73.9 Å². The van der Waals surface area contributed by atoms with Crippen LogP contribution in [0.3, 0.4) is 0 Å². The molecule has 13 heavy (non-hydrogen) atoms. The van der Waals surface area contributed by atoms with Gasteiger partial charge in [-0.2, -0.15) is 0 Å². The number of nitrogens with one attached hydrogen (secondary N) is 2. The molecule has 1 aromatic heterocycles. The molecule has 0 spiro atoms. The van der Waals surface area contributed by atoms with Crippen LogP contribution in [0.2, 0.25) is 0 Å². The van der Waals surface area contributed by atoms with Crippen molar-refractivity contribution < 1.29 is 0 Å². The Morgan fingerprint density at radius 3 is 2.38 bits per heavy atom. The molecule has 0 aliphatic heterocycles. The SMILES string of the molecule is C=Nc1c(N(C)C)[nH]c(=O)[nH]c1=O. The molecule has 70 valence electrons. The van der Waals surface area contributed by atoms with E-state index < -0.39 is 11.2 Å². The van der Waals surface area contributed by atoms with Crippen molar-refractivity contribution >= 4 is 18.2 Å². The average Bonchev–Trinajstić information content (AvgIpc) is 2.02. The van der Waals surface area contributed by atoms with Crippen molar-refractivity contribution in [3.8, 4) is 0 Å². The molecule has 2 N–H and O–H groups in total. The highest BCUT2D eigenvalue weighted by atomic mass is 16.2. The van der Waals surface area contributed by atoms with E-state index in [9.17, 15) is 9.59 Å². The van der Waals surface area contributed by atoms with Gasteiger partial charge in [-0.3, -0.25) is 19.8 Å². The minimum atomic E-state index is -0.555. The van der Waals surface area contributed by atoms with E-state index in [0.29, 0.717) is 5.82 Å². The van der Waals surface area contributed by atoms with Crippen LogP contribution < -0.4 is 16.1 Å². The van der Waals surface area contributed by atoms with Gasteiger partial charge in [0.25, 0.3) is 5.56 Å². The van der Waals surface area contributed by atoms with Crippen molar-refractivity contribution in [2.45, 2.75) is 0 Å². The fourth-order valence-corrected chi connectivity index (χ4v) is 0.938. The number of aromatic amines is 2. The van der Waals surface area contributed by atoms with E-state index in [1.165, 1.54) is 0 Å². The summed E-state index contributed by atoms with van der Waals surface area (Å²) in [7, 11) is 3.39. The zero-order valence-electron chi connectivity index (χ0n) is 7.42. The van der Waals surface area contributed by atoms with Crippen LogP contribution in [0.1, 0.15) is 0 Å². The quantitative estimate of drug-likeness (QED) is 0.603. The van der Waals surface area contributed by atoms with Gasteiger partial charge in [-0.1, -0.05) is 0 Å². The zero-order chi connectivity index (χ0) is 10.0. The molecule has 0 fully saturated rings. The smallest absolute Gasteiger partial charge is 0.327 e. The summed E-state index contributed by atoms with van der Waals surface area (Å²) in [5.74, 6) is 0.351. The van der Waals surface area contributed by atoms with E-state index in [4.69, 9.17) is 0 Å². The van der Waals surface area contributed by atoms with Gasteiger partial charge < -0.3 is 4.90 Å². The van der Waals surface area contributed by atoms with E-state index in [-0.39, 0.29) is 5.69 Å². The van der Waals surface area contributed by atoms with E-state index >= 15 is 0 Å². The highest BCUT2D eigenvalue weighted by Gasteiger charge is 2.08. The fraction of sp³-hybridized carbons (Fsp3) is 0.286. The summed E-state index contributed by atoms with van der Waals surface area (Å²) in [5, 5.41) is 0. The van der Waals surface area contributed by atoms with Gasteiger partial charge in [-0.15, -0.1) is 0 Å². The summed E-state index contributed by atoms with van der Waals surface area (Å²) in [5.41, 5.74) is -0.979. The number of anilines is 1. The maximum atomic E-state index is 11.2. The number of hydrogen-bond donors (Lipinski definition) is 2. The van der Waals surface area contributed by atoms with E-state index in [0.717, 1.165) is 0 Å². The van der Waals surface area contributed by atoms with E-state index in [1.54, 1.807) is 19.0 Å². The highest BCUT2D eigenvalue weighted by molar-refractivity contribution is 5.62. The van der Waals surface area contributed by atoms with Crippen LogP contribution in [-0.2, 0) is 0 Å². The Hall–Kier alpha value is -1.85. The number of aromatic nitrogens is 2. The maximum Gasteiger partial charge on any atom is 0.327 e. The number of rotatable bonds is 2. The van der Waals surface area contributed by atoms with Crippen LogP contribution in [0.25, 0.3) is 0 Å². The largest absolute Gasteiger partial charge is 0.362 e. The van der Waals surface area contributed by atoms with Crippen LogP contribution in [0, 0.1) is 0 Å². The van der Waals surface area contributed by atoms with Gasteiger partial charge in [0.2, 0.25) is 0 Å². The molecule has 0 unspecified atom stereocenters. The second-order valence-corrected chi connectivity index (χ2v) is 2.66. The van der Waals surface area contributed by atoms with Crippen LogP contribution in [0.5, 0.6) is 0 Å². The van der Waals surface area contributed by atoms with Crippen LogP contribution in [-0.4, -0.2) is 30.8 Å². The standard InChI is InChI=1S/C7H10N4O2/c1-8-4-5(11(2)3)9-7(13)10-6(4)12/h1H2,2-3H3,(H2,9,10,12,13). The van der Waals surface area contributed by atoms with Crippen molar-refractivity contribution in [3.63, 3.8) is 0 Å². The highest BCUT2D eigenvalue weighted by Crippen LogP contribution is 2.15. The molecule has 0 saturated heterocycles. The summed E-state index contributed by atoms with van der Waals surface area (Å²) >= 11 is 0. The summed E-state index contributed by atoms with van der Waals surface area (Å²) in [6.07, 6.45) is 0. The van der Waals surface area contributed by atoms with Crippen molar-refractivity contribution in [2.75, 3.05) is 19.0 Å². The topological polar surface area (TPSA) is 81.3 Å². The summed E-state index contributed by atoms with van der Waals surface area (Å²) in [4.78, 5) is 31.7. The molecular formula is C7H10N4O2. The first kappa shape index (κ1) is 9.24. The lowest BCUT2D eigenvalue weighted by atomic mass is 10.4. The van der Waals surface area contributed by atoms with E-state index in [1.807, 2.05) is 0 Å². The lowest BCUT2D eigenvalue weighted by Gasteiger charge is -2.12. The average molecular weight is 182 g/mol. The van der Waals surface area contributed by atoms with E-state index in [2.05, 4.69) is 21.7 Å². The Kier molecular flexibility index (Phi) is 2.32. The van der Waals surface area contributed by atoms with Crippen molar-refractivity contribution in [1.29, 1.82) is 0 Å². The molecule has 0 aromatic carbocycles. The van der Waals surface area contributed by atoms with Crippen LogP contribution in [0.4, 0.5) is 11.5 Å². The predicted octanol–water partition coefficient (Wildman–Crippen LogP) is -0.539. The first-order valence-corrected chi connectivity index (χ1v) is 3.57. The summed E-state index contributed by atoms with van der Waals surface area (Å²) < 4.78 is 0. The Morgan fingerprint density at radius 1 is 1.31 bits per heavy atom. The Bertz CT molecular complexity index is 429. The number of aliphatic imine (C=N–C) groups is 1. The van der Waals surface area contributed by atoms with Gasteiger partial charge in [-0.25, -0.2) is 4.79 Å². The normalized spacial score (nSPS) is 9.69. The number of H-pyrrole nitrogens is 2. The molecule has 0 aliphatic carbocycles. The van der Waals surface area contributed by atoms with Gasteiger partial charge in [0.05, 0.1) is 0 Å². The third-order valence-electron chi connectivity index (χ3n) is 1.50. The van der Waals surface area contributed by atoms with Crippen LogP contribution in [0.15, 0.2) is 14.6 Å². The molecule has 0 saturated carbocycles. The molecule has 0 aliphatic rings. The van der Waals surface area contributed by atoms with Crippen molar-refractivity contribution in [2.24, 2.45) is 4.99 Å². The lowest BCUT2D eigenvalue weighted by Crippen LogP contribution is -2.26. The van der Waals surface area contributed by atoms with Gasteiger partial charge in [0.15, 0.2) is 5.69 Å². The second kappa shape index (κ2) is 3.26. The first-order chi connectivity index (χ1) is 6.06. The van der Waals surface area contributed by atoms with Gasteiger partial charge >= 0.3 is 5.69 Å². The van der Waals surface area contributed by atoms with Crippen LogP contribution >= 0.6 is 0 Å². The van der Waals surface area contributed by atoms with Crippen molar-refractivity contribution in [3.05, 3.63) is 20.8 Å². The predicted molar refractivity (Wildman–Crippen MR) is 51.2 cm³/mol. The van der Waals surface area contributed by atoms with Gasteiger partial charge in [0, 0.05) is 14.1 Å². The molecular weight excluding hydrogens is 172 g/mol.